The maximum atomic E-state index is 11.8. The Balaban J connectivity index is 1.37. The molecule has 5 heteroatoms. The molecule has 1 heterocycles. The zero-order valence-electron chi connectivity index (χ0n) is 14.8. The van der Waals surface area contributed by atoms with Crippen molar-refractivity contribution in [1.29, 1.82) is 0 Å². The number of aryl methyl sites for hydroxylation is 1. The number of amides is 1. The van der Waals surface area contributed by atoms with E-state index in [-0.39, 0.29) is 12.5 Å². The van der Waals surface area contributed by atoms with E-state index in [1.165, 1.54) is 0 Å². The van der Waals surface area contributed by atoms with E-state index in [1.807, 2.05) is 61.5 Å². The fourth-order valence-corrected chi connectivity index (χ4v) is 2.58. The van der Waals surface area contributed by atoms with Crippen molar-refractivity contribution >= 4 is 16.8 Å². The van der Waals surface area contributed by atoms with Gasteiger partial charge in [-0.1, -0.05) is 30.3 Å². The van der Waals surface area contributed by atoms with E-state index < -0.39 is 0 Å². The summed E-state index contributed by atoms with van der Waals surface area (Å²) in [5.41, 5.74) is 1.95. The standard InChI is InChI=1S/C21H22N2O3/c1-16-6-2-9-18(14-16)26-15-20(24)22-12-5-13-25-19-10-3-7-17-8-4-11-23-21(17)19/h2-4,6-11,14H,5,12-13,15H2,1H3,(H,22,24). The molecule has 26 heavy (non-hydrogen) atoms. The summed E-state index contributed by atoms with van der Waals surface area (Å²) in [7, 11) is 0. The Morgan fingerprint density at radius 3 is 2.81 bits per heavy atom. The van der Waals surface area contributed by atoms with Gasteiger partial charge in [-0.05, 0) is 43.2 Å². The van der Waals surface area contributed by atoms with E-state index in [9.17, 15) is 4.79 Å². The van der Waals surface area contributed by atoms with Crippen LogP contribution in [0.5, 0.6) is 11.5 Å². The maximum absolute atomic E-state index is 11.8. The van der Waals surface area contributed by atoms with Crippen LogP contribution in [0.4, 0.5) is 0 Å². The summed E-state index contributed by atoms with van der Waals surface area (Å²) >= 11 is 0. The van der Waals surface area contributed by atoms with Crippen LogP contribution in [0.15, 0.2) is 60.8 Å². The first-order chi connectivity index (χ1) is 12.7. The summed E-state index contributed by atoms with van der Waals surface area (Å²) in [6.07, 6.45) is 2.46. The Morgan fingerprint density at radius 2 is 1.92 bits per heavy atom. The average molecular weight is 350 g/mol. The predicted molar refractivity (Wildman–Crippen MR) is 102 cm³/mol. The van der Waals surface area contributed by atoms with Crippen LogP contribution in [0.25, 0.3) is 10.9 Å². The number of nitrogens with one attached hydrogen (secondary N) is 1. The van der Waals surface area contributed by atoms with E-state index in [0.29, 0.717) is 25.3 Å². The summed E-state index contributed by atoms with van der Waals surface area (Å²) in [5, 5.41) is 3.88. The van der Waals surface area contributed by atoms with Gasteiger partial charge in [0.1, 0.15) is 17.0 Å². The van der Waals surface area contributed by atoms with Crippen molar-refractivity contribution in [3.63, 3.8) is 0 Å². The molecule has 3 aromatic rings. The number of para-hydroxylation sites is 1. The fraction of sp³-hybridized carbons (Fsp3) is 0.238. The number of hydrogen-bond donors (Lipinski definition) is 1. The molecule has 0 atom stereocenters. The number of ether oxygens (including phenoxy) is 2. The molecule has 0 unspecified atom stereocenters. The van der Waals surface area contributed by atoms with Crippen molar-refractivity contribution < 1.29 is 14.3 Å². The summed E-state index contributed by atoms with van der Waals surface area (Å²) in [4.78, 5) is 16.2. The van der Waals surface area contributed by atoms with Gasteiger partial charge in [0, 0.05) is 18.1 Å². The number of benzene rings is 2. The van der Waals surface area contributed by atoms with Crippen molar-refractivity contribution in [2.24, 2.45) is 0 Å². The molecule has 1 amide bonds. The van der Waals surface area contributed by atoms with Gasteiger partial charge in [-0.2, -0.15) is 0 Å². The number of pyridine rings is 1. The molecule has 0 aliphatic rings. The SMILES string of the molecule is Cc1cccc(OCC(=O)NCCCOc2cccc3cccnc23)c1. The van der Waals surface area contributed by atoms with Gasteiger partial charge in [0.2, 0.25) is 0 Å². The van der Waals surface area contributed by atoms with Gasteiger partial charge < -0.3 is 14.8 Å². The molecule has 0 spiro atoms. The second-order valence-electron chi connectivity index (χ2n) is 5.99. The van der Waals surface area contributed by atoms with Gasteiger partial charge in [-0.25, -0.2) is 0 Å². The van der Waals surface area contributed by atoms with Gasteiger partial charge in [0.05, 0.1) is 6.61 Å². The second-order valence-corrected chi connectivity index (χ2v) is 5.99. The van der Waals surface area contributed by atoms with Crippen LogP contribution < -0.4 is 14.8 Å². The van der Waals surface area contributed by atoms with Crippen LogP contribution in [0.2, 0.25) is 0 Å². The van der Waals surface area contributed by atoms with Crippen molar-refractivity contribution in [2.45, 2.75) is 13.3 Å². The lowest BCUT2D eigenvalue weighted by molar-refractivity contribution is -0.123. The first-order valence-electron chi connectivity index (χ1n) is 8.65. The third-order valence-electron chi connectivity index (χ3n) is 3.86. The van der Waals surface area contributed by atoms with Gasteiger partial charge in [0.25, 0.3) is 5.91 Å². The zero-order chi connectivity index (χ0) is 18.2. The molecule has 0 fully saturated rings. The maximum Gasteiger partial charge on any atom is 0.257 e. The molecular weight excluding hydrogens is 328 g/mol. The molecule has 3 rings (SSSR count). The predicted octanol–water partition coefficient (Wildman–Crippen LogP) is 3.51. The van der Waals surface area contributed by atoms with E-state index in [1.54, 1.807) is 6.20 Å². The quantitative estimate of drug-likeness (QED) is 0.632. The van der Waals surface area contributed by atoms with Crippen LogP contribution in [0.1, 0.15) is 12.0 Å². The monoisotopic (exact) mass is 350 g/mol. The molecule has 5 nitrogen and oxygen atoms in total. The van der Waals surface area contributed by atoms with Crippen LogP contribution >= 0.6 is 0 Å². The normalized spacial score (nSPS) is 10.5. The highest BCUT2D eigenvalue weighted by Crippen LogP contribution is 2.22. The third-order valence-corrected chi connectivity index (χ3v) is 3.86. The second kappa shape index (κ2) is 8.85. The number of rotatable bonds is 8. The largest absolute Gasteiger partial charge is 0.491 e. The van der Waals surface area contributed by atoms with Gasteiger partial charge in [-0.3, -0.25) is 9.78 Å². The smallest absolute Gasteiger partial charge is 0.257 e. The lowest BCUT2D eigenvalue weighted by Gasteiger charge is -2.10. The van der Waals surface area contributed by atoms with Crippen LogP contribution in [0.3, 0.4) is 0 Å². The Hall–Kier alpha value is -3.08. The summed E-state index contributed by atoms with van der Waals surface area (Å²) in [6.45, 7) is 3.04. The molecule has 0 aliphatic carbocycles. The summed E-state index contributed by atoms with van der Waals surface area (Å²) in [5.74, 6) is 1.32. The molecule has 0 radical (unpaired) electrons. The topological polar surface area (TPSA) is 60.5 Å². The number of hydrogen-bond acceptors (Lipinski definition) is 4. The highest BCUT2D eigenvalue weighted by Gasteiger charge is 2.04. The number of carbonyl (C=O) groups excluding carboxylic acids is 1. The molecule has 1 aromatic heterocycles. The highest BCUT2D eigenvalue weighted by molar-refractivity contribution is 5.84. The van der Waals surface area contributed by atoms with Crippen molar-refractivity contribution in [2.75, 3.05) is 19.8 Å². The minimum Gasteiger partial charge on any atom is -0.491 e. The molecule has 2 aromatic carbocycles. The number of nitrogens with zero attached hydrogens (tertiary/aromatic N) is 1. The van der Waals surface area contributed by atoms with Crippen molar-refractivity contribution in [3.8, 4) is 11.5 Å². The minimum absolute atomic E-state index is 0.0115. The van der Waals surface area contributed by atoms with E-state index in [4.69, 9.17) is 9.47 Å². The van der Waals surface area contributed by atoms with Crippen LogP contribution in [0, 0.1) is 6.92 Å². The Bertz CT molecular complexity index is 875. The molecule has 1 N–H and O–H groups in total. The first kappa shape index (κ1) is 17.7. The summed E-state index contributed by atoms with van der Waals surface area (Å²) in [6, 6.07) is 17.4. The average Bonchev–Trinajstić information content (AvgIpc) is 2.66. The molecule has 0 bridgehead atoms. The molecule has 134 valence electrons. The molecule has 0 aliphatic heterocycles. The Morgan fingerprint density at radius 1 is 1.08 bits per heavy atom. The lowest BCUT2D eigenvalue weighted by Crippen LogP contribution is -2.30. The summed E-state index contributed by atoms with van der Waals surface area (Å²) < 4.78 is 11.3. The van der Waals surface area contributed by atoms with Gasteiger partial charge in [-0.15, -0.1) is 0 Å². The Labute approximate surface area is 153 Å². The number of carbonyl (C=O) groups is 1. The number of aromatic nitrogens is 1. The molecule has 0 saturated heterocycles. The third kappa shape index (κ3) is 4.96. The number of fused-ring (bicyclic) bond motifs is 1. The van der Waals surface area contributed by atoms with Crippen molar-refractivity contribution in [3.05, 3.63) is 66.4 Å². The van der Waals surface area contributed by atoms with E-state index in [0.717, 1.165) is 22.2 Å². The van der Waals surface area contributed by atoms with E-state index >= 15 is 0 Å². The molecular formula is C21H22N2O3. The molecule has 0 saturated carbocycles. The fourth-order valence-electron chi connectivity index (χ4n) is 2.58. The van der Waals surface area contributed by atoms with Crippen molar-refractivity contribution in [1.82, 2.24) is 10.3 Å². The highest BCUT2D eigenvalue weighted by atomic mass is 16.5. The minimum atomic E-state index is -0.140. The van der Waals surface area contributed by atoms with Crippen LogP contribution in [-0.4, -0.2) is 30.6 Å². The van der Waals surface area contributed by atoms with Gasteiger partial charge in [0.15, 0.2) is 6.61 Å². The first-order valence-corrected chi connectivity index (χ1v) is 8.65. The van der Waals surface area contributed by atoms with Crippen LogP contribution in [-0.2, 0) is 4.79 Å². The van der Waals surface area contributed by atoms with E-state index in [2.05, 4.69) is 10.3 Å². The van der Waals surface area contributed by atoms with Gasteiger partial charge >= 0.3 is 0 Å². The zero-order valence-corrected chi connectivity index (χ0v) is 14.8. The lowest BCUT2D eigenvalue weighted by atomic mass is 10.2. The Kier molecular flexibility index (Phi) is 6.04.